The van der Waals surface area contributed by atoms with Gasteiger partial charge in [0.15, 0.2) is 0 Å². The second-order valence-corrected chi connectivity index (χ2v) is 4.36. The molecule has 0 aliphatic heterocycles. The summed E-state index contributed by atoms with van der Waals surface area (Å²) in [7, 11) is 4.27. The first-order valence-corrected chi connectivity index (χ1v) is 6.30. The molecule has 0 aliphatic rings. The minimum Gasteiger partial charge on any atom is -0.494 e. The van der Waals surface area contributed by atoms with Crippen molar-refractivity contribution in [1.82, 2.24) is 9.97 Å². The minimum absolute atomic E-state index is 0.275. The van der Waals surface area contributed by atoms with Crippen molar-refractivity contribution in [2.75, 3.05) is 21.3 Å². The van der Waals surface area contributed by atoms with Crippen molar-refractivity contribution in [2.24, 2.45) is 0 Å². The molecule has 110 valence electrons. The Bertz CT molecular complexity index is 676. The van der Waals surface area contributed by atoms with Gasteiger partial charge in [0.05, 0.1) is 33.1 Å². The van der Waals surface area contributed by atoms with E-state index < -0.39 is 5.97 Å². The van der Waals surface area contributed by atoms with E-state index in [2.05, 4.69) is 9.97 Å². The predicted octanol–water partition coefficient (Wildman–Crippen LogP) is 2.60. The SMILES string of the molecule is COC(=O)c1cc(OC)ncc1-c1cc(Cl)ncc1OC. The van der Waals surface area contributed by atoms with E-state index in [4.69, 9.17) is 25.8 Å². The second kappa shape index (κ2) is 6.41. The number of carbonyl (C=O) groups is 1. The van der Waals surface area contributed by atoms with Gasteiger partial charge in [0.25, 0.3) is 0 Å². The fourth-order valence-corrected chi connectivity index (χ4v) is 1.99. The molecule has 0 bridgehead atoms. The number of pyridine rings is 2. The minimum atomic E-state index is -0.513. The van der Waals surface area contributed by atoms with Gasteiger partial charge in [-0.3, -0.25) is 0 Å². The number of aromatic nitrogens is 2. The van der Waals surface area contributed by atoms with Gasteiger partial charge in [-0.15, -0.1) is 0 Å². The normalized spacial score (nSPS) is 10.1. The molecule has 2 aromatic heterocycles. The number of rotatable bonds is 4. The third-order valence-corrected chi connectivity index (χ3v) is 3.04. The van der Waals surface area contributed by atoms with Crippen LogP contribution in [0.4, 0.5) is 0 Å². The van der Waals surface area contributed by atoms with E-state index in [1.165, 1.54) is 39.8 Å². The van der Waals surface area contributed by atoms with E-state index in [9.17, 15) is 4.79 Å². The van der Waals surface area contributed by atoms with Crippen LogP contribution >= 0.6 is 11.6 Å². The molecule has 2 heterocycles. The summed E-state index contributed by atoms with van der Waals surface area (Å²) in [5.74, 6) is 0.260. The number of esters is 1. The van der Waals surface area contributed by atoms with Crippen LogP contribution in [0.5, 0.6) is 11.6 Å². The third kappa shape index (κ3) is 3.05. The summed E-state index contributed by atoms with van der Waals surface area (Å²) in [6.45, 7) is 0. The van der Waals surface area contributed by atoms with Crippen LogP contribution < -0.4 is 9.47 Å². The topological polar surface area (TPSA) is 70.5 Å². The molecule has 0 unspecified atom stereocenters. The zero-order valence-corrected chi connectivity index (χ0v) is 12.5. The van der Waals surface area contributed by atoms with Gasteiger partial charge >= 0.3 is 5.97 Å². The van der Waals surface area contributed by atoms with Crippen molar-refractivity contribution in [1.29, 1.82) is 0 Å². The van der Waals surface area contributed by atoms with Crippen LogP contribution in [-0.4, -0.2) is 37.3 Å². The standard InChI is InChI=1S/C14H13ClN2O4/c1-19-11-7-16-12(15)4-8(11)10-6-17-13(20-2)5-9(10)14(18)21-3/h4-7H,1-3H3. The van der Waals surface area contributed by atoms with Crippen molar-refractivity contribution in [3.05, 3.63) is 35.2 Å². The van der Waals surface area contributed by atoms with Gasteiger partial charge in [0.2, 0.25) is 5.88 Å². The third-order valence-electron chi connectivity index (χ3n) is 2.84. The Kier molecular flexibility index (Phi) is 4.59. The van der Waals surface area contributed by atoms with Gasteiger partial charge in [0.1, 0.15) is 10.9 Å². The fraction of sp³-hybridized carbons (Fsp3) is 0.214. The van der Waals surface area contributed by atoms with Gasteiger partial charge in [-0.2, -0.15) is 0 Å². The lowest BCUT2D eigenvalue weighted by molar-refractivity contribution is 0.0601. The van der Waals surface area contributed by atoms with Crippen molar-refractivity contribution >= 4 is 17.6 Å². The number of methoxy groups -OCH3 is 3. The summed E-state index contributed by atoms with van der Waals surface area (Å²) in [5, 5.41) is 0.275. The molecule has 7 heteroatoms. The molecule has 2 aromatic rings. The van der Waals surface area contributed by atoms with E-state index in [1.807, 2.05) is 0 Å². The zero-order chi connectivity index (χ0) is 15.4. The highest BCUT2D eigenvalue weighted by Crippen LogP contribution is 2.34. The predicted molar refractivity (Wildman–Crippen MR) is 76.9 cm³/mol. The van der Waals surface area contributed by atoms with Crippen molar-refractivity contribution < 1.29 is 19.0 Å². The molecule has 21 heavy (non-hydrogen) atoms. The van der Waals surface area contributed by atoms with Gasteiger partial charge in [-0.25, -0.2) is 14.8 Å². The number of ether oxygens (including phenoxy) is 3. The van der Waals surface area contributed by atoms with Gasteiger partial charge in [0, 0.05) is 23.4 Å². The Morgan fingerprint density at radius 2 is 1.81 bits per heavy atom. The first-order valence-electron chi connectivity index (χ1n) is 5.93. The first-order chi connectivity index (χ1) is 10.1. The van der Waals surface area contributed by atoms with Gasteiger partial charge in [-0.05, 0) is 6.07 Å². The Labute approximate surface area is 126 Å². The van der Waals surface area contributed by atoms with Crippen LogP contribution in [0.15, 0.2) is 24.5 Å². The largest absolute Gasteiger partial charge is 0.494 e. The van der Waals surface area contributed by atoms with Crippen LogP contribution in [0.25, 0.3) is 11.1 Å². The molecule has 0 N–H and O–H groups in total. The summed E-state index contributed by atoms with van der Waals surface area (Å²) in [6.07, 6.45) is 2.97. The summed E-state index contributed by atoms with van der Waals surface area (Å²) in [5.41, 5.74) is 1.40. The van der Waals surface area contributed by atoms with E-state index in [-0.39, 0.29) is 5.15 Å². The van der Waals surface area contributed by atoms with E-state index in [1.54, 1.807) is 6.07 Å². The average molecular weight is 309 g/mol. The quantitative estimate of drug-likeness (QED) is 0.638. The summed E-state index contributed by atoms with van der Waals surface area (Å²) < 4.78 is 15.1. The Morgan fingerprint density at radius 1 is 1.05 bits per heavy atom. The van der Waals surface area contributed by atoms with Crippen LogP contribution in [0.1, 0.15) is 10.4 Å². The number of halogens is 1. The molecule has 0 radical (unpaired) electrons. The number of hydrogen-bond acceptors (Lipinski definition) is 6. The maximum atomic E-state index is 12.0. The van der Waals surface area contributed by atoms with Gasteiger partial charge < -0.3 is 14.2 Å². The molecule has 0 saturated heterocycles. The van der Waals surface area contributed by atoms with Crippen molar-refractivity contribution in [3.63, 3.8) is 0 Å². The molecule has 0 atom stereocenters. The van der Waals surface area contributed by atoms with Gasteiger partial charge in [-0.1, -0.05) is 11.6 Å². The molecule has 6 nitrogen and oxygen atoms in total. The van der Waals surface area contributed by atoms with Crippen LogP contribution in [0, 0.1) is 0 Å². The molecule has 0 saturated carbocycles. The van der Waals surface area contributed by atoms with Crippen molar-refractivity contribution in [3.8, 4) is 22.8 Å². The molecular weight excluding hydrogens is 296 g/mol. The highest BCUT2D eigenvalue weighted by molar-refractivity contribution is 6.29. The zero-order valence-electron chi connectivity index (χ0n) is 11.7. The number of nitrogens with zero attached hydrogens (tertiary/aromatic N) is 2. The summed E-state index contributed by atoms with van der Waals surface area (Å²) >= 11 is 5.92. The smallest absolute Gasteiger partial charge is 0.338 e. The highest BCUT2D eigenvalue weighted by Gasteiger charge is 2.19. The monoisotopic (exact) mass is 308 g/mol. The number of hydrogen-bond donors (Lipinski definition) is 0. The van der Waals surface area contributed by atoms with E-state index >= 15 is 0 Å². The fourth-order valence-electron chi connectivity index (χ4n) is 1.83. The molecular formula is C14H13ClN2O4. The molecule has 0 aliphatic carbocycles. The van der Waals surface area contributed by atoms with E-state index in [0.717, 1.165) is 0 Å². The second-order valence-electron chi connectivity index (χ2n) is 3.97. The molecule has 0 amide bonds. The Morgan fingerprint density at radius 3 is 2.43 bits per heavy atom. The van der Waals surface area contributed by atoms with Crippen LogP contribution in [0.3, 0.4) is 0 Å². The van der Waals surface area contributed by atoms with Crippen molar-refractivity contribution in [2.45, 2.75) is 0 Å². The highest BCUT2D eigenvalue weighted by atomic mass is 35.5. The molecule has 0 aromatic carbocycles. The maximum Gasteiger partial charge on any atom is 0.338 e. The summed E-state index contributed by atoms with van der Waals surface area (Å²) in [4.78, 5) is 20.0. The molecule has 0 fully saturated rings. The lowest BCUT2D eigenvalue weighted by atomic mass is 10.0. The van der Waals surface area contributed by atoms with Crippen LogP contribution in [-0.2, 0) is 4.74 Å². The maximum absolute atomic E-state index is 12.0. The molecule has 2 rings (SSSR count). The van der Waals surface area contributed by atoms with Crippen LogP contribution in [0.2, 0.25) is 5.15 Å². The lowest BCUT2D eigenvalue weighted by Crippen LogP contribution is -2.06. The first kappa shape index (κ1) is 15.1. The Balaban J connectivity index is 2.68. The Hall–Kier alpha value is -2.34. The summed E-state index contributed by atoms with van der Waals surface area (Å²) in [6, 6.07) is 3.09. The lowest BCUT2D eigenvalue weighted by Gasteiger charge is -2.12. The number of carbonyl (C=O) groups excluding carboxylic acids is 1. The van der Waals surface area contributed by atoms with E-state index in [0.29, 0.717) is 28.3 Å². The molecule has 0 spiro atoms. The average Bonchev–Trinajstić information content (AvgIpc) is 2.53.